The second kappa shape index (κ2) is 5.32. The van der Waals surface area contributed by atoms with Gasteiger partial charge < -0.3 is 11.1 Å². The molecule has 2 aromatic rings. The molecule has 2 aromatic heterocycles. The van der Waals surface area contributed by atoms with Crippen LogP contribution in [0.5, 0.6) is 0 Å². The van der Waals surface area contributed by atoms with E-state index in [1.54, 1.807) is 6.07 Å². The fourth-order valence-corrected chi connectivity index (χ4v) is 2.46. The number of carbonyl (C=O) groups excluding carboxylic acids is 1. The predicted octanol–water partition coefficient (Wildman–Crippen LogP) is 2.46. The van der Waals surface area contributed by atoms with E-state index in [2.05, 4.69) is 15.5 Å². The number of hydrogen-bond acceptors (Lipinski definition) is 5. The summed E-state index contributed by atoms with van der Waals surface area (Å²) in [6, 6.07) is 7.07. The Kier molecular flexibility index (Phi) is 3.78. The van der Waals surface area contributed by atoms with Crippen LogP contribution in [0.25, 0.3) is 0 Å². The molecule has 1 atom stereocenters. The quantitative estimate of drug-likeness (QED) is 0.902. The SMILES string of the molecule is CC(Nc1ccc(C(N)=O)nn1)c1ccc(Cl)s1. The highest BCUT2D eigenvalue weighted by molar-refractivity contribution is 7.16. The maximum absolute atomic E-state index is 10.8. The average Bonchev–Trinajstić information content (AvgIpc) is 2.76. The third kappa shape index (κ3) is 2.96. The molecule has 0 spiro atoms. The summed E-state index contributed by atoms with van der Waals surface area (Å²) in [7, 11) is 0. The standard InChI is InChI=1S/C11H11ClN4OS/c1-6(8-3-4-9(12)18-8)14-10-5-2-7(11(13)17)15-16-10/h2-6H,1H3,(H2,13,17)(H,14,16). The first-order chi connectivity index (χ1) is 8.56. The van der Waals surface area contributed by atoms with Gasteiger partial charge in [-0.15, -0.1) is 21.5 Å². The maximum atomic E-state index is 10.8. The summed E-state index contributed by atoms with van der Waals surface area (Å²) in [5.74, 6) is -0.0100. The Balaban J connectivity index is 2.07. The molecule has 0 aliphatic carbocycles. The fourth-order valence-electron chi connectivity index (χ4n) is 1.39. The lowest BCUT2D eigenvalue weighted by molar-refractivity contribution is 0.0994. The average molecular weight is 283 g/mol. The van der Waals surface area contributed by atoms with Gasteiger partial charge >= 0.3 is 0 Å². The first-order valence-corrected chi connectivity index (χ1v) is 6.41. The van der Waals surface area contributed by atoms with Crippen molar-refractivity contribution in [3.63, 3.8) is 0 Å². The molecule has 7 heteroatoms. The summed E-state index contributed by atoms with van der Waals surface area (Å²) in [6.45, 7) is 1.99. The molecule has 2 rings (SSSR count). The molecule has 0 saturated heterocycles. The lowest BCUT2D eigenvalue weighted by Gasteiger charge is -2.11. The molecule has 1 amide bonds. The van der Waals surface area contributed by atoms with Crippen molar-refractivity contribution >= 4 is 34.7 Å². The van der Waals surface area contributed by atoms with Crippen molar-refractivity contribution in [3.05, 3.63) is 39.2 Å². The maximum Gasteiger partial charge on any atom is 0.269 e. The van der Waals surface area contributed by atoms with Gasteiger partial charge in [0, 0.05) is 4.88 Å². The first kappa shape index (κ1) is 12.8. The lowest BCUT2D eigenvalue weighted by Crippen LogP contribution is -2.14. The number of rotatable bonds is 4. The van der Waals surface area contributed by atoms with Crippen LogP contribution < -0.4 is 11.1 Å². The summed E-state index contributed by atoms with van der Waals surface area (Å²) in [4.78, 5) is 11.9. The minimum absolute atomic E-state index is 0.0660. The van der Waals surface area contributed by atoms with Gasteiger partial charge in [-0.3, -0.25) is 4.79 Å². The van der Waals surface area contributed by atoms with Crippen LogP contribution in [0.4, 0.5) is 5.82 Å². The van der Waals surface area contributed by atoms with Gasteiger partial charge in [-0.25, -0.2) is 0 Å². The summed E-state index contributed by atoms with van der Waals surface area (Å²) >= 11 is 7.38. The van der Waals surface area contributed by atoms with E-state index in [1.165, 1.54) is 17.4 Å². The van der Waals surface area contributed by atoms with Crippen LogP contribution in [0.15, 0.2) is 24.3 Å². The molecule has 0 aromatic carbocycles. The van der Waals surface area contributed by atoms with Crippen LogP contribution in [0, 0.1) is 0 Å². The minimum Gasteiger partial charge on any atom is -0.364 e. The molecular weight excluding hydrogens is 272 g/mol. The van der Waals surface area contributed by atoms with E-state index >= 15 is 0 Å². The van der Waals surface area contributed by atoms with E-state index in [0.29, 0.717) is 5.82 Å². The van der Waals surface area contributed by atoms with Crippen molar-refractivity contribution in [2.24, 2.45) is 5.73 Å². The van der Waals surface area contributed by atoms with Crippen LogP contribution in [0.1, 0.15) is 28.3 Å². The number of primary amides is 1. The summed E-state index contributed by atoms with van der Waals surface area (Å²) < 4.78 is 0.744. The molecule has 0 bridgehead atoms. The zero-order valence-electron chi connectivity index (χ0n) is 9.55. The van der Waals surface area contributed by atoms with Gasteiger partial charge in [-0.2, -0.15) is 0 Å². The number of halogens is 1. The molecule has 18 heavy (non-hydrogen) atoms. The Hall–Kier alpha value is -1.66. The number of nitrogens with one attached hydrogen (secondary N) is 1. The number of carbonyl (C=O) groups is 1. The Morgan fingerprint density at radius 2 is 2.17 bits per heavy atom. The number of anilines is 1. The number of nitrogens with zero attached hydrogens (tertiary/aromatic N) is 2. The largest absolute Gasteiger partial charge is 0.364 e. The van der Waals surface area contributed by atoms with Gasteiger partial charge in [-0.05, 0) is 31.2 Å². The van der Waals surface area contributed by atoms with E-state index in [-0.39, 0.29) is 11.7 Å². The molecular formula is C11H11ClN4OS. The molecule has 3 N–H and O–H groups in total. The normalized spacial score (nSPS) is 12.1. The zero-order valence-corrected chi connectivity index (χ0v) is 11.1. The Morgan fingerprint density at radius 1 is 1.39 bits per heavy atom. The van der Waals surface area contributed by atoms with E-state index < -0.39 is 5.91 Å². The monoisotopic (exact) mass is 282 g/mol. The van der Waals surface area contributed by atoms with Crippen molar-refractivity contribution in [2.45, 2.75) is 13.0 Å². The fraction of sp³-hybridized carbons (Fsp3) is 0.182. The second-order valence-corrected chi connectivity index (χ2v) is 5.42. The third-order valence-corrected chi connectivity index (χ3v) is 3.72. The molecule has 5 nitrogen and oxygen atoms in total. The number of aromatic nitrogens is 2. The van der Waals surface area contributed by atoms with E-state index in [0.717, 1.165) is 9.21 Å². The van der Waals surface area contributed by atoms with Gasteiger partial charge in [0.25, 0.3) is 5.91 Å². The zero-order chi connectivity index (χ0) is 13.1. The van der Waals surface area contributed by atoms with Crippen LogP contribution in [0.3, 0.4) is 0 Å². The third-order valence-electron chi connectivity index (χ3n) is 2.30. The second-order valence-electron chi connectivity index (χ2n) is 3.68. The van der Waals surface area contributed by atoms with Gasteiger partial charge in [0.15, 0.2) is 5.69 Å². The summed E-state index contributed by atoms with van der Waals surface area (Å²) in [5, 5.41) is 10.8. The highest BCUT2D eigenvalue weighted by atomic mass is 35.5. The predicted molar refractivity (Wildman–Crippen MR) is 71.9 cm³/mol. The number of amides is 1. The smallest absolute Gasteiger partial charge is 0.269 e. The Bertz CT molecular complexity index is 554. The number of hydrogen-bond donors (Lipinski definition) is 2. The molecule has 0 fully saturated rings. The molecule has 94 valence electrons. The lowest BCUT2D eigenvalue weighted by atomic mass is 10.2. The van der Waals surface area contributed by atoms with E-state index in [4.69, 9.17) is 17.3 Å². The van der Waals surface area contributed by atoms with Crippen molar-refractivity contribution in [1.29, 1.82) is 0 Å². The van der Waals surface area contributed by atoms with Crippen LogP contribution in [0.2, 0.25) is 4.34 Å². The van der Waals surface area contributed by atoms with Crippen LogP contribution in [-0.4, -0.2) is 16.1 Å². The molecule has 2 heterocycles. The van der Waals surface area contributed by atoms with Crippen molar-refractivity contribution in [3.8, 4) is 0 Å². The molecule has 0 aliphatic rings. The van der Waals surface area contributed by atoms with Crippen LogP contribution >= 0.6 is 22.9 Å². The topological polar surface area (TPSA) is 80.9 Å². The van der Waals surface area contributed by atoms with E-state index in [9.17, 15) is 4.79 Å². The Morgan fingerprint density at radius 3 is 2.67 bits per heavy atom. The van der Waals surface area contributed by atoms with Gasteiger partial charge in [0.1, 0.15) is 5.82 Å². The van der Waals surface area contributed by atoms with Gasteiger partial charge in [-0.1, -0.05) is 11.6 Å². The number of thiophene rings is 1. The van der Waals surface area contributed by atoms with Crippen molar-refractivity contribution in [2.75, 3.05) is 5.32 Å². The highest BCUT2D eigenvalue weighted by Crippen LogP contribution is 2.28. The van der Waals surface area contributed by atoms with Gasteiger partial charge in [0.05, 0.1) is 10.4 Å². The van der Waals surface area contributed by atoms with Crippen molar-refractivity contribution in [1.82, 2.24) is 10.2 Å². The Labute approximate surface area is 113 Å². The number of nitrogens with two attached hydrogens (primary N) is 1. The first-order valence-electron chi connectivity index (χ1n) is 5.21. The van der Waals surface area contributed by atoms with Crippen molar-refractivity contribution < 1.29 is 4.79 Å². The minimum atomic E-state index is -0.591. The summed E-state index contributed by atoms with van der Waals surface area (Å²) in [5.41, 5.74) is 5.23. The molecule has 0 radical (unpaired) electrons. The summed E-state index contributed by atoms with van der Waals surface area (Å²) in [6.07, 6.45) is 0. The molecule has 0 aliphatic heterocycles. The molecule has 0 saturated carbocycles. The van der Waals surface area contributed by atoms with Crippen LogP contribution in [-0.2, 0) is 0 Å². The van der Waals surface area contributed by atoms with E-state index in [1.807, 2.05) is 19.1 Å². The van der Waals surface area contributed by atoms with Gasteiger partial charge in [0.2, 0.25) is 0 Å². The molecule has 1 unspecified atom stereocenters. The highest BCUT2D eigenvalue weighted by Gasteiger charge is 2.09.